The highest BCUT2D eigenvalue weighted by Gasteiger charge is 2.30. The Morgan fingerprint density at radius 1 is 0.895 bits per heavy atom. The Kier molecular flexibility index (Phi) is 3.29. The van der Waals surface area contributed by atoms with Crippen molar-refractivity contribution in [1.29, 1.82) is 0 Å². The first-order valence-electron chi connectivity index (χ1n) is 7.12. The van der Waals surface area contributed by atoms with Gasteiger partial charge >= 0.3 is 0 Å². The molecule has 1 heteroatoms. The van der Waals surface area contributed by atoms with Crippen LogP contribution in [0, 0.1) is 13.8 Å². The van der Waals surface area contributed by atoms with Crippen molar-refractivity contribution in [1.82, 2.24) is 0 Å². The zero-order valence-corrected chi connectivity index (χ0v) is 11.7. The molecule has 3 rings (SSSR count). The highest BCUT2D eigenvalue weighted by molar-refractivity contribution is 5.54. The van der Waals surface area contributed by atoms with Crippen LogP contribution in [0.3, 0.4) is 0 Å². The summed E-state index contributed by atoms with van der Waals surface area (Å²) in [5.41, 5.74) is 5.53. The van der Waals surface area contributed by atoms with Crippen molar-refractivity contribution in [2.75, 3.05) is 5.32 Å². The van der Waals surface area contributed by atoms with E-state index in [1.165, 1.54) is 35.2 Å². The van der Waals surface area contributed by atoms with Crippen LogP contribution in [0.1, 0.15) is 35.4 Å². The van der Waals surface area contributed by atoms with Gasteiger partial charge in [0.25, 0.3) is 0 Å². The molecule has 1 fully saturated rings. The summed E-state index contributed by atoms with van der Waals surface area (Å²) in [7, 11) is 0. The standard InChI is InChI=1S/C18H21N/c1-13-7-6-10-18(14(13)2)19-17-11-16(12-17)15-8-4-3-5-9-15/h3-10,16-17,19H,11-12H2,1-2H3. The van der Waals surface area contributed by atoms with Crippen molar-refractivity contribution in [2.45, 2.75) is 38.6 Å². The summed E-state index contributed by atoms with van der Waals surface area (Å²) in [5.74, 6) is 0.740. The third kappa shape index (κ3) is 2.51. The van der Waals surface area contributed by atoms with Gasteiger partial charge in [0, 0.05) is 11.7 Å². The van der Waals surface area contributed by atoms with E-state index < -0.39 is 0 Å². The first kappa shape index (κ1) is 12.3. The number of aryl methyl sites for hydroxylation is 1. The van der Waals surface area contributed by atoms with Crippen LogP contribution >= 0.6 is 0 Å². The number of rotatable bonds is 3. The molecule has 98 valence electrons. The van der Waals surface area contributed by atoms with Crippen LogP contribution < -0.4 is 5.32 Å². The molecule has 0 bridgehead atoms. The highest BCUT2D eigenvalue weighted by Crippen LogP contribution is 2.38. The first-order chi connectivity index (χ1) is 9.24. The van der Waals surface area contributed by atoms with Crippen molar-refractivity contribution < 1.29 is 0 Å². The van der Waals surface area contributed by atoms with E-state index >= 15 is 0 Å². The largest absolute Gasteiger partial charge is 0.382 e. The van der Waals surface area contributed by atoms with Gasteiger partial charge < -0.3 is 5.32 Å². The zero-order valence-electron chi connectivity index (χ0n) is 11.7. The maximum Gasteiger partial charge on any atom is 0.0374 e. The summed E-state index contributed by atoms with van der Waals surface area (Å²) in [6.07, 6.45) is 2.49. The Hall–Kier alpha value is -1.76. The van der Waals surface area contributed by atoms with E-state index in [1.807, 2.05) is 0 Å². The zero-order chi connectivity index (χ0) is 13.2. The fourth-order valence-corrected chi connectivity index (χ4v) is 2.86. The molecule has 0 unspecified atom stereocenters. The lowest BCUT2D eigenvalue weighted by molar-refractivity contribution is 0.374. The van der Waals surface area contributed by atoms with Gasteiger partial charge in [-0.15, -0.1) is 0 Å². The monoisotopic (exact) mass is 251 g/mol. The first-order valence-corrected chi connectivity index (χ1v) is 7.12. The molecule has 1 saturated carbocycles. The van der Waals surface area contributed by atoms with E-state index in [2.05, 4.69) is 67.7 Å². The quantitative estimate of drug-likeness (QED) is 0.836. The van der Waals surface area contributed by atoms with E-state index in [0.29, 0.717) is 6.04 Å². The predicted octanol–water partition coefficient (Wildman–Crippen LogP) is 4.66. The Morgan fingerprint density at radius 3 is 2.37 bits per heavy atom. The van der Waals surface area contributed by atoms with Crippen LogP contribution in [0.5, 0.6) is 0 Å². The smallest absolute Gasteiger partial charge is 0.0374 e. The fourth-order valence-electron chi connectivity index (χ4n) is 2.86. The molecular weight excluding hydrogens is 230 g/mol. The molecule has 0 heterocycles. The van der Waals surface area contributed by atoms with Gasteiger partial charge in [-0.3, -0.25) is 0 Å². The Bertz CT molecular complexity index is 553. The Labute approximate surface area is 115 Å². The van der Waals surface area contributed by atoms with Gasteiger partial charge in [0.05, 0.1) is 0 Å². The van der Waals surface area contributed by atoms with Crippen LogP contribution in [0.2, 0.25) is 0 Å². The number of hydrogen-bond acceptors (Lipinski definition) is 1. The van der Waals surface area contributed by atoms with Crippen molar-refractivity contribution in [3.8, 4) is 0 Å². The minimum atomic E-state index is 0.630. The third-order valence-corrected chi connectivity index (χ3v) is 4.37. The fraction of sp³-hybridized carbons (Fsp3) is 0.333. The van der Waals surface area contributed by atoms with E-state index in [0.717, 1.165) is 5.92 Å². The summed E-state index contributed by atoms with van der Waals surface area (Å²) in [4.78, 5) is 0. The molecule has 0 spiro atoms. The van der Waals surface area contributed by atoms with Crippen LogP contribution in [-0.2, 0) is 0 Å². The molecule has 0 aliphatic heterocycles. The molecule has 19 heavy (non-hydrogen) atoms. The normalized spacial score (nSPS) is 21.8. The molecule has 0 aromatic heterocycles. The summed E-state index contributed by atoms with van der Waals surface area (Å²) >= 11 is 0. The second kappa shape index (κ2) is 5.08. The topological polar surface area (TPSA) is 12.0 Å². The maximum absolute atomic E-state index is 3.69. The summed E-state index contributed by atoms with van der Waals surface area (Å²) < 4.78 is 0. The van der Waals surface area contributed by atoms with E-state index in [-0.39, 0.29) is 0 Å². The maximum atomic E-state index is 3.69. The second-order valence-corrected chi connectivity index (χ2v) is 5.67. The van der Waals surface area contributed by atoms with E-state index in [9.17, 15) is 0 Å². The minimum Gasteiger partial charge on any atom is -0.382 e. The molecule has 1 N–H and O–H groups in total. The predicted molar refractivity (Wildman–Crippen MR) is 81.7 cm³/mol. The van der Waals surface area contributed by atoms with Crippen molar-refractivity contribution in [3.05, 3.63) is 65.2 Å². The van der Waals surface area contributed by atoms with Gasteiger partial charge in [0.1, 0.15) is 0 Å². The molecule has 1 aliphatic carbocycles. The molecule has 1 aliphatic rings. The van der Waals surface area contributed by atoms with Crippen LogP contribution in [0.4, 0.5) is 5.69 Å². The van der Waals surface area contributed by atoms with E-state index in [4.69, 9.17) is 0 Å². The summed E-state index contributed by atoms with van der Waals surface area (Å²) in [5, 5.41) is 3.69. The average Bonchev–Trinajstić information content (AvgIpc) is 2.39. The second-order valence-electron chi connectivity index (χ2n) is 5.67. The number of nitrogens with one attached hydrogen (secondary N) is 1. The van der Waals surface area contributed by atoms with Gasteiger partial charge in [-0.05, 0) is 55.4 Å². The number of anilines is 1. The number of hydrogen-bond donors (Lipinski definition) is 1. The average molecular weight is 251 g/mol. The number of benzene rings is 2. The molecular formula is C18H21N. The minimum absolute atomic E-state index is 0.630. The molecule has 2 aromatic carbocycles. The molecule has 0 atom stereocenters. The van der Waals surface area contributed by atoms with E-state index in [1.54, 1.807) is 0 Å². The summed E-state index contributed by atoms with van der Waals surface area (Å²) in [6.45, 7) is 4.37. The van der Waals surface area contributed by atoms with Gasteiger partial charge in [-0.25, -0.2) is 0 Å². The third-order valence-electron chi connectivity index (χ3n) is 4.37. The van der Waals surface area contributed by atoms with Crippen molar-refractivity contribution in [2.24, 2.45) is 0 Å². The summed E-state index contributed by atoms with van der Waals surface area (Å²) in [6, 6.07) is 18.0. The van der Waals surface area contributed by atoms with Gasteiger partial charge in [0.15, 0.2) is 0 Å². The van der Waals surface area contributed by atoms with Crippen LogP contribution in [0.15, 0.2) is 48.5 Å². The Morgan fingerprint density at radius 2 is 1.63 bits per heavy atom. The lowest BCUT2D eigenvalue weighted by atomic mass is 9.76. The van der Waals surface area contributed by atoms with Gasteiger partial charge in [0.2, 0.25) is 0 Å². The Balaban J connectivity index is 1.61. The van der Waals surface area contributed by atoms with Crippen molar-refractivity contribution in [3.63, 3.8) is 0 Å². The highest BCUT2D eigenvalue weighted by atomic mass is 14.9. The molecule has 0 radical (unpaired) electrons. The SMILES string of the molecule is Cc1cccc(NC2CC(c3ccccc3)C2)c1C. The van der Waals surface area contributed by atoms with Crippen LogP contribution in [0.25, 0.3) is 0 Å². The van der Waals surface area contributed by atoms with Crippen molar-refractivity contribution >= 4 is 5.69 Å². The lowest BCUT2D eigenvalue weighted by Crippen LogP contribution is -2.34. The van der Waals surface area contributed by atoms with Gasteiger partial charge in [-0.1, -0.05) is 42.5 Å². The molecule has 1 nitrogen and oxygen atoms in total. The molecule has 0 amide bonds. The molecule has 2 aromatic rings. The molecule has 0 saturated heterocycles. The lowest BCUT2D eigenvalue weighted by Gasteiger charge is -2.37. The van der Waals surface area contributed by atoms with Gasteiger partial charge in [-0.2, -0.15) is 0 Å². The van der Waals surface area contributed by atoms with Crippen LogP contribution in [-0.4, -0.2) is 6.04 Å².